The van der Waals surface area contributed by atoms with Crippen molar-refractivity contribution in [3.63, 3.8) is 0 Å². The highest BCUT2D eigenvalue weighted by Gasteiger charge is 2.32. The maximum atomic E-state index is 13.1. The van der Waals surface area contributed by atoms with Crippen LogP contribution < -0.4 is 14.8 Å². The highest BCUT2D eigenvalue weighted by Crippen LogP contribution is 2.42. The van der Waals surface area contributed by atoms with Crippen molar-refractivity contribution < 1.29 is 14.3 Å². The molecule has 0 aliphatic carbocycles. The van der Waals surface area contributed by atoms with Crippen molar-refractivity contribution in [1.82, 2.24) is 4.90 Å². The molecule has 1 amide bonds. The zero-order chi connectivity index (χ0) is 22.8. The summed E-state index contributed by atoms with van der Waals surface area (Å²) >= 11 is 8.10. The van der Waals surface area contributed by atoms with E-state index in [9.17, 15) is 4.79 Å². The van der Waals surface area contributed by atoms with Crippen LogP contribution in [0, 0.1) is 13.8 Å². The van der Waals surface area contributed by atoms with Crippen LogP contribution >= 0.6 is 22.9 Å². The monoisotopic (exact) mass is 470 g/mol. The molecule has 32 heavy (non-hydrogen) atoms. The van der Waals surface area contributed by atoms with Gasteiger partial charge in [-0.25, -0.2) is 0 Å². The van der Waals surface area contributed by atoms with E-state index in [-0.39, 0.29) is 18.5 Å². The summed E-state index contributed by atoms with van der Waals surface area (Å²) < 4.78 is 11.1. The summed E-state index contributed by atoms with van der Waals surface area (Å²) in [6.45, 7) is 4.98. The number of anilines is 1. The van der Waals surface area contributed by atoms with Gasteiger partial charge in [0.2, 0.25) is 5.91 Å². The molecule has 4 rings (SSSR count). The van der Waals surface area contributed by atoms with Crippen molar-refractivity contribution in [2.24, 2.45) is 0 Å². The molecule has 1 aliphatic rings. The molecule has 2 heterocycles. The van der Waals surface area contributed by atoms with Crippen LogP contribution in [0.15, 0.2) is 41.8 Å². The summed E-state index contributed by atoms with van der Waals surface area (Å²) in [5, 5.41) is 5.66. The number of carbonyl (C=O) groups excluding carboxylic acids is 1. The van der Waals surface area contributed by atoms with Crippen molar-refractivity contribution in [1.29, 1.82) is 0 Å². The predicted octanol–water partition coefficient (Wildman–Crippen LogP) is 5.62. The number of thiophene rings is 1. The Balaban J connectivity index is 1.64. The largest absolute Gasteiger partial charge is 0.493 e. The van der Waals surface area contributed by atoms with E-state index in [0.29, 0.717) is 16.5 Å². The third-order valence-electron chi connectivity index (χ3n) is 5.83. The number of hydrogen-bond donors (Lipinski definition) is 1. The number of hydrogen-bond acceptors (Lipinski definition) is 5. The van der Waals surface area contributed by atoms with E-state index in [2.05, 4.69) is 27.7 Å². The van der Waals surface area contributed by atoms with Gasteiger partial charge in [-0.15, -0.1) is 11.3 Å². The maximum Gasteiger partial charge on any atom is 0.238 e. The van der Waals surface area contributed by atoms with E-state index in [1.54, 1.807) is 25.6 Å². The number of fused-ring (bicyclic) bond motifs is 1. The first-order valence-corrected chi connectivity index (χ1v) is 11.8. The molecule has 1 N–H and O–H groups in total. The van der Waals surface area contributed by atoms with Gasteiger partial charge in [-0.3, -0.25) is 9.69 Å². The van der Waals surface area contributed by atoms with Crippen molar-refractivity contribution in [3.05, 3.63) is 73.9 Å². The van der Waals surface area contributed by atoms with E-state index in [0.717, 1.165) is 35.4 Å². The molecule has 1 unspecified atom stereocenters. The van der Waals surface area contributed by atoms with E-state index in [1.807, 2.05) is 38.1 Å². The number of aryl methyl sites for hydroxylation is 2. The molecule has 1 aliphatic heterocycles. The molecule has 0 fully saturated rings. The molecule has 1 atom stereocenters. The van der Waals surface area contributed by atoms with Crippen LogP contribution in [0.25, 0.3) is 0 Å². The Bertz CT molecular complexity index is 1110. The van der Waals surface area contributed by atoms with Gasteiger partial charge >= 0.3 is 0 Å². The van der Waals surface area contributed by atoms with Crippen LogP contribution in [0.4, 0.5) is 5.69 Å². The van der Waals surface area contributed by atoms with Crippen LogP contribution in [-0.4, -0.2) is 38.1 Å². The minimum atomic E-state index is -0.0793. The van der Waals surface area contributed by atoms with Gasteiger partial charge in [0.25, 0.3) is 0 Å². The zero-order valence-corrected chi connectivity index (χ0v) is 20.3. The smallest absolute Gasteiger partial charge is 0.238 e. The fourth-order valence-corrected chi connectivity index (χ4v) is 5.63. The third kappa shape index (κ3) is 4.49. The summed E-state index contributed by atoms with van der Waals surface area (Å²) in [6, 6.07) is 12.1. The van der Waals surface area contributed by atoms with Crippen LogP contribution in [0.5, 0.6) is 11.5 Å². The van der Waals surface area contributed by atoms with Gasteiger partial charge in [-0.2, -0.15) is 0 Å². The quantitative estimate of drug-likeness (QED) is 0.507. The van der Waals surface area contributed by atoms with Crippen molar-refractivity contribution in [2.45, 2.75) is 26.3 Å². The van der Waals surface area contributed by atoms with Crippen LogP contribution in [0.1, 0.15) is 33.2 Å². The summed E-state index contributed by atoms with van der Waals surface area (Å²) in [4.78, 5) is 16.5. The number of rotatable bonds is 6. The molecular weight excluding hydrogens is 444 g/mol. The highest BCUT2D eigenvalue weighted by atomic mass is 35.5. The summed E-state index contributed by atoms with van der Waals surface area (Å²) in [5.41, 5.74) is 5.07. The summed E-state index contributed by atoms with van der Waals surface area (Å²) in [6.07, 6.45) is 0.829. The van der Waals surface area contributed by atoms with Crippen LogP contribution in [0.2, 0.25) is 5.02 Å². The van der Waals surface area contributed by atoms with Crippen LogP contribution in [0.3, 0.4) is 0 Å². The Labute approximate surface area is 197 Å². The Morgan fingerprint density at radius 1 is 1.19 bits per heavy atom. The lowest BCUT2D eigenvalue weighted by molar-refractivity contribution is -0.117. The van der Waals surface area contributed by atoms with Crippen molar-refractivity contribution in [3.8, 4) is 11.5 Å². The Morgan fingerprint density at radius 2 is 1.94 bits per heavy atom. The first-order chi connectivity index (χ1) is 15.4. The minimum absolute atomic E-state index is 0.0288. The molecule has 0 saturated heterocycles. The molecule has 1 aromatic heterocycles. The van der Waals surface area contributed by atoms with Gasteiger partial charge in [-0.05, 0) is 72.2 Å². The molecule has 2 aromatic carbocycles. The van der Waals surface area contributed by atoms with Crippen molar-refractivity contribution >= 4 is 34.5 Å². The number of halogens is 1. The van der Waals surface area contributed by atoms with Gasteiger partial charge in [-0.1, -0.05) is 23.7 Å². The number of nitrogens with one attached hydrogen (secondary N) is 1. The number of benzene rings is 2. The van der Waals surface area contributed by atoms with Gasteiger partial charge < -0.3 is 14.8 Å². The Kier molecular flexibility index (Phi) is 6.74. The molecule has 7 heteroatoms. The topological polar surface area (TPSA) is 50.8 Å². The average Bonchev–Trinajstić information content (AvgIpc) is 3.29. The number of ether oxygens (including phenoxy) is 2. The van der Waals surface area contributed by atoms with E-state index in [1.165, 1.54) is 10.4 Å². The lowest BCUT2D eigenvalue weighted by Gasteiger charge is -2.37. The fourth-order valence-electron chi connectivity index (χ4n) is 4.39. The number of carbonyl (C=O) groups is 1. The first kappa shape index (κ1) is 22.6. The number of amides is 1. The second kappa shape index (κ2) is 9.53. The first-order valence-electron chi connectivity index (χ1n) is 10.5. The summed E-state index contributed by atoms with van der Waals surface area (Å²) in [7, 11) is 3.30. The molecular formula is C25H27ClN2O3S. The molecule has 0 saturated carbocycles. The molecule has 0 radical (unpaired) electrons. The normalized spacial score (nSPS) is 15.8. The molecule has 0 bridgehead atoms. The molecule has 0 spiro atoms. The third-order valence-corrected chi connectivity index (χ3v) is 7.05. The predicted molar refractivity (Wildman–Crippen MR) is 131 cm³/mol. The highest BCUT2D eigenvalue weighted by molar-refractivity contribution is 7.10. The van der Waals surface area contributed by atoms with E-state index < -0.39 is 0 Å². The molecule has 168 valence electrons. The van der Waals surface area contributed by atoms with E-state index in [4.69, 9.17) is 21.1 Å². The van der Waals surface area contributed by atoms with Crippen LogP contribution in [-0.2, 0) is 11.2 Å². The lowest BCUT2D eigenvalue weighted by atomic mass is 9.91. The molecule has 3 aromatic rings. The molecule has 5 nitrogen and oxygen atoms in total. The maximum absolute atomic E-state index is 13.1. The van der Waals surface area contributed by atoms with Gasteiger partial charge in [0.15, 0.2) is 11.5 Å². The minimum Gasteiger partial charge on any atom is -0.493 e. The SMILES string of the molecule is COc1cc2c(cc1OC)C(c1cccs1)N(CC(=O)Nc1c(C)cc(C)cc1Cl)CC2. The number of nitrogens with zero attached hydrogens (tertiary/aromatic N) is 1. The fraction of sp³-hybridized carbons (Fsp3) is 0.320. The average molecular weight is 471 g/mol. The van der Waals surface area contributed by atoms with Gasteiger partial charge in [0.05, 0.1) is 37.5 Å². The van der Waals surface area contributed by atoms with E-state index >= 15 is 0 Å². The second-order valence-corrected chi connectivity index (χ2v) is 9.42. The standard InChI is InChI=1S/C25H27ClN2O3S/c1-15-10-16(2)24(19(26)11-15)27-23(29)14-28-8-7-17-12-20(30-3)21(31-4)13-18(17)25(28)22-6-5-9-32-22/h5-6,9-13,25H,7-8,14H2,1-4H3,(H,27,29). The zero-order valence-electron chi connectivity index (χ0n) is 18.7. The number of methoxy groups -OCH3 is 2. The Hall–Kier alpha value is -2.54. The summed E-state index contributed by atoms with van der Waals surface area (Å²) in [5.74, 6) is 1.34. The Morgan fingerprint density at radius 3 is 2.59 bits per heavy atom. The van der Waals surface area contributed by atoms with Gasteiger partial charge in [0.1, 0.15) is 0 Å². The lowest BCUT2D eigenvalue weighted by Crippen LogP contribution is -2.41. The van der Waals surface area contributed by atoms with Gasteiger partial charge in [0, 0.05) is 11.4 Å². The second-order valence-electron chi connectivity index (χ2n) is 8.03. The van der Waals surface area contributed by atoms with Crippen molar-refractivity contribution in [2.75, 3.05) is 32.6 Å².